The van der Waals surface area contributed by atoms with Crippen molar-refractivity contribution in [3.05, 3.63) is 69.4 Å². The lowest BCUT2D eigenvalue weighted by Gasteiger charge is -2.23. The molecule has 1 saturated heterocycles. The van der Waals surface area contributed by atoms with Crippen molar-refractivity contribution in [2.45, 2.75) is 32.7 Å². The van der Waals surface area contributed by atoms with Crippen molar-refractivity contribution < 1.29 is 14.0 Å². The van der Waals surface area contributed by atoms with Crippen molar-refractivity contribution in [3.63, 3.8) is 0 Å². The summed E-state index contributed by atoms with van der Waals surface area (Å²) >= 11 is 1.18. The normalized spacial score (nSPS) is 15.7. The number of amides is 3. The molecule has 0 bridgehead atoms. The van der Waals surface area contributed by atoms with Crippen LogP contribution in [0.1, 0.15) is 44.8 Å². The summed E-state index contributed by atoms with van der Waals surface area (Å²) in [5, 5.41) is 14.6. The van der Waals surface area contributed by atoms with Crippen LogP contribution in [0.25, 0.3) is 0 Å². The van der Waals surface area contributed by atoms with E-state index in [1.807, 2.05) is 31.2 Å². The highest BCUT2D eigenvalue weighted by Crippen LogP contribution is 2.34. The second-order valence-corrected chi connectivity index (χ2v) is 8.52. The van der Waals surface area contributed by atoms with Crippen LogP contribution in [-0.4, -0.2) is 33.6 Å². The third-order valence-corrected chi connectivity index (χ3v) is 6.19. The first kappa shape index (κ1) is 20.9. The average Bonchev–Trinajstić information content (AvgIpc) is 3.42. The molecule has 1 atom stereocenters. The molecule has 3 aromatic rings. The van der Waals surface area contributed by atoms with E-state index < -0.39 is 0 Å². The Morgan fingerprint density at radius 3 is 2.55 bits per heavy atom. The third kappa shape index (κ3) is 4.72. The zero-order chi connectivity index (χ0) is 22.0. The number of hydrogen-bond donors (Lipinski definition) is 2. The highest BCUT2D eigenvalue weighted by Gasteiger charge is 2.33. The Kier molecular flexibility index (Phi) is 5.94. The van der Waals surface area contributed by atoms with Gasteiger partial charge in [-0.2, -0.15) is 0 Å². The van der Waals surface area contributed by atoms with Crippen LogP contribution in [-0.2, 0) is 0 Å². The number of nitrogens with zero attached hydrogens (tertiary/aromatic N) is 3. The summed E-state index contributed by atoms with van der Waals surface area (Å²) < 4.78 is 13.8. The fourth-order valence-electron chi connectivity index (χ4n) is 3.41. The molecule has 2 aromatic carbocycles. The number of aromatic nitrogens is 2. The zero-order valence-electron chi connectivity index (χ0n) is 17.2. The fraction of sp³-hybridized carbons (Fsp3) is 0.273. The Bertz CT molecular complexity index is 1120. The van der Waals surface area contributed by atoms with Gasteiger partial charge >= 0.3 is 6.03 Å². The first-order valence-corrected chi connectivity index (χ1v) is 10.8. The molecule has 4 rings (SSSR count). The first-order chi connectivity index (χ1) is 14.9. The summed E-state index contributed by atoms with van der Waals surface area (Å²) in [5.74, 6) is -0.708. The van der Waals surface area contributed by atoms with E-state index in [2.05, 4.69) is 20.8 Å². The van der Waals surface area contributed by atoms with Crippen LogP contribution in [0, 0.1) is 19.7 Å². The lowest BCUT2D eigenvalue weighted by Crippen LogP contribution is -2.34. The van der Waals surface area contributed by atoms with Crippen LogP contribution < -0.4 is 10.6 Å². The van der Waals surface area contributed by atoms with E-state index in [0.717, 1.165) is 18.4 Å². The van der Waals surface area contributed by atoms with E-state index in [1.165, 1.54) is 17.4 Å². The molecular weight excluding hydrogens is 417 g/mol. The van der Waals surface area contributed by atoms with Gasteiger partial charge in [0.1, 0.15) is 10.8 Å². The zero-order valence-corrected chi connectivity index (χ0v) is 18.0. The van der Waals surface area contributed by atoms with Crippen molar-refractivity contribution in [2.75, 3.05) is 17.2 Å². The molecule has 7 nitrogen and oxygen atoms in total. The lowest BCUT2D eigenvalue weighted by atomic mass is 10.2. The Morgan fingerprint density at radius 1 is 1.06 bits per heavy atom. The van der Waals surface area contributed by atoms with Crippen LogP contribution in [0.4, 0.5) is 20.6 Å². The number of aryl methyl sites for hydroxylation is 2. The number of carbonyl (C=O) groups is 2. The predicted molar refractivity (Wildman–Crippen MR) is 118 cm³/mol. The van der Waals surface area contributed by atoms with Gasteiger partial charge < -0.3 is 15.5 Å². The minimum Gasteiger partial charge on any atom is -0.320 e. The number of hydrogen-bond acceptors (Lipinski definition) is 5. The summed E-state index contributed by atoms with van der Waals surface area (Å²) in [6.45, 7) is 4.19. The minimum atomic E-state index is -0.371. The Balaban J connectivity index is 1.44. The lowest BCUT2D eigenvalue weighted by molar-refractivity contribution is 0.102. The van der Waals surface area contributed by atoms with E-state index in [9.17, 15) is 14.0 Å². The Morgan fingerprint density at radius 2 is 1.81 bits per heavy atom. The third-order valence-electron chi connectivity index (χ3n) is 5.17. The molecule has 1 aromatic heterocycles. The maximum absolute atomic E-state index is 13.8. The highest BCUT2D eigenvalue weighted by atomic mass is 32.1. The highest BCUT2D eigenvalue weighted by molar-refractivity contribution is 7.13. The van der Waals surface area contributed by atoms with Gasteiger partial charge in [-0.3, -0.25) is 4.79 Å². The average molecular weight is 440 g/mol. The Hall–Kier alpha value is -3.33. The Labute approximate surface area is 183 Å². The van der Waals surface area contributed by atoms with Crippen LogP contribution in [0.3, 0.4) is 0 Å². The van der Waals surface area contributed by atoms with Gasteiger partial charge in [-0.15, -0.1) is 10.2 Å². The maximum atomic E-state index is 13.8. The number of rotatable bonds is 4. The van der Waals surface area contributed by atoms with Gasteiger partial charge in [0.2, 0.25) is 5.01 Å². The molecule has 2 N–H and O–H groups in total. The molecule has 0 unspecified atom stereocenters. The molecule has 3 amide bonds. The van der Waals surface area contributed by atoms with Gasteiger partial charge in [-0.25, -0.2) is 9.18 Å². The van der Waals surface area contributed by atoms with E-state index >= 15 is 0 Å². The number of urea groups is 1. The minimum absolute atomic E-state index is 0.239. The summed E-state index contributed by atoms with van der Waals surface area (Å²) in [5.41, 5.74) is 2.69. The van der Waals surface area contributed by atoms with Crippen LogP contribution in [0.2, 0.25) is 0 Å². The number of anilines is 2. The molecule has 9 heteroatoms. The SMILES string of the molecule is Cc1ccc(NC(=O)c2nnc([C@@H]3CCCN3C(=O)Nc3ccc(C)c(F)c3)s2)cc1. The quantitative estimate of drug-likeness (QED) is 0.604. The van der Waals surface area contributed by atoms with Crippen molar-refractivity contribution in [1.29, 1.82) is 0 Å². The second-order valence-electron chi connectivity index (χ2n) is 7.51. The summed E-state index contributed by atoms with van der Waals surface area (Å²) in [4.78, 5) is 26.9. The molecular formula is C22H22FN5O2S. The largest absolute Gasteiger partial charge is 0.322 e. The van der Waals surface area contributed by atoms with Gasteiger partial charge in [-0.1, -0.05) is 35.1 Å². The maximum Gasteiger partial charge on any atom is 0.322 e. The molecule has 2 heterocycles. The van der Waals surface area contributed by atoms with Crippen molar-refractivity contribution >= 4 is 34.6 Å². The van der Waals surface area contributed by atoms with Crippen LogP contribution in [0.15, 0.2) is 42.5 Å². The molecule has 31 heavy (non-hydrogen) atoms. The number of nitrogens with one attached hydrogen (secondary N) is 2. The van der Waals surface area contributed by atoms with E-state index in [0.29, 0.717) is 28.5 Å². The molecule has 0 saturated carbocycles. The smallest absolute Gasteiger partial charge is 0.320 e. The van der Waals surface area contributed by atoms with Crippen molar-refractivity contribution in [2.24, 2.45) is 0 Å². The van der Waals surface area contributed by atoms with Gasteiger partial charge in [0.15, 0.2) is 0 Å². The monoisotopic (exact) mass is 439 g/mol. The van der Waals surface area contributed by atoms with Gasteiger partial charge in [0.05, 0.1) is 6.04 Å². The molecule has 1 aliphatic rings. The van der Waals surface area contributed by atoms with Crippen molar-refractivity contribution in [3.8, 4) is 0 Å². The van der Waals surface area contributed by atoms with Gasteiger partial charge in [-0.05, 0) is 56.5 Å². The van der Waals surface area contributed by atoms with Gasteiger partial charge in [0, 0.05) is 17.9 Å². The molecule has 1 aliphatic heterocycles. The number of likely N-dealkylation sites (tertiary alicyclic amines) is 1. The first-order valence-electron chi connectivity index (χ1n) is 9.96. The van der Waals surface area contributed by atoms with Crippen molar-refractivity contribution in [1.82, 2.24) is 15.1 Å². The van der Waals surface area contributed by atoms with Crippen LogP contribution in [0.5, 0.6) is 0 Å². The molecule has 160 valence electrons. The molecule has 0 radical (unpaired) electrons. The molecule has 1 fully saturated rings. The summed E-state index contributed by atoms with van der Waals surface area (Å²) in [6, 6.07) is 11.5. The van der Waals surface area contributed by atoms with Crippen LogP contribution >= 0.6 is 11.3 Å². The van der Waals surface area contributed by atoms with Gasteiger partial charge in [0.25, 0.3) is 5.91 Å². The number of carbonyl (C=O) groups excluding carboxylic acids is 2. The number of halogens is 1. The summed E-state index contributed by atoms with van der Waals surface area (Å²) in [6.07, 6.45) is 1.54. The summed E-state index contributed by atoms with van der Waals surface area (Å²) in [7, 11) is 0. The standard InChI is InChI=1S/C22H22FN5O2S/c1-13-5-8-15(9-6-13)24-19(29)21-27-26-20(31-21)18-4-3-11-28(18)22(30)25-16-10-7-14(2)17(23)12-16/h5-10,12,18H,3-4,11H2,1-2H3,(H,24,29)(H,25,30)/t18-/m0/s1. The molecule has 0 aliphatic carbocycles. The second kappa shape index (κ2) is 8.81. The van der Waals surface area contributed by atoms with E-state index in [1.54, 1.807) is 24.0 Å². The molecule has 0 spiro atoms. The van der Waals surface area contributed by atoms with E-state index in [-0.39, 0.29) is 28.8 Å². The predicted octanol–water partition coefficient (Wildman–Crippen LogP) is 4.92. The topological polar surface area (TPSA) is 87.2 Å². The fourth-order valence-corrected chi connectivity index (χ4v) is 4.30. The van der Waals surface area contributed by atoms with E-state index in [4.69, 9.17) is 0 Å². The number of benzene rings is 2.